The summed E-state index contributed by atoms with van der Waals surface area (Å²) in [6.45, 7) is 0. The lowest BCUT2D eigenvalue weighted by Gasteiger charge is -2.10. The zero-order valence-electron chi connectivity index (χ0n) is 16.4. The maximum absolute atomic E-state index is 13.2. The molecule has 0 radical (unpaired) electrons. The van der Waals surface area contributed by atoms with Crippen LogP contribution in [-0.4, -0.2) is 25.3 Å². The lowest BCUT2D eigenvalue weighted by Crippen LogP contribution is -2.34. The zero-order valence-corrected chi connectivity index (χ0v) is 18.1. The quantitative estimate of drug-likeness (QED) is 0.381. The van der Waals surface area contributed by atoms with Crippen LogP contribution in [0.2, 0.25) is 0 Å². The minimum Gasteiger partial charge on any atom is -0.283 e. The molecule has 4 aromatic rings. The van der Waals surface area contributed by atoms with Crippen molar-refractivity contribution in [1.82, 2.24) is 10.3 Å². The van der Waals surface area contributed by atoms with E-state index >= 15 is 0 Å². The monoisotopic (exact) mass is 469 g/mol. The second-order valence-corrected chi connectivity index (χ2v) is 8.79. The van der Waals surface area contributed by atoms with Crippen molar-refractivity contribution >= 4 is 49.3 Å². The molecule has 3 aromatic carbocycles. The molecule has 0 atom stereocenters. The van der Waals surface area contributed by atoms with E-state index in [0.29, 0.717) is 26.9 Å². The van der Waals surface area contributed by atoms with E-state index in [-0.39, 0.29) is 22.3 Å². The second kappa shape index (κ2) is 9.25. The van der Waals surface area contributed by atoms with Crippen molar-refractivity contribution in [3.8, 4) is 11.1 Å². The number of carbonyl (C=O) groups excluding carboxylic acids is 2. The number of benzene rings is 3. The van der Waals surface area contributed by atoms with Crippen LogP contribution in [0.4, 0.5) is 14.3 Å². The molecule has 0 saturated heterocycles. The highest BCUT2D eigenvalue weighted by atomic mass is 32.2. The zero-order chi connectivity index (χ0) is 22.7. The van der Waals surface area contributed by atoms with Crippen LogP contribution in [0.15, 0.2) is 66.7 Å². The summed E-state index contributed by atoms with van der Waals surface area (Å²) in [5, 5.41) is 5.06. The number of aromatic nitrogens is 1. The first-order chi connectivity index (χ1) is 15.4. The van der Waals surface area contributed by atoms with E-state index in [1.807, 2.05) is 0 Å². The van der Waals surface area contributed by atoms with Gasteiger partial charge in [-0.2, -0.15) is 0 Å². The lowest BCUT2D eigenvalue weighted by molar-refractivity contribution is 0.0967. The molecule has 4 rings (SSSR count). The van der Waals surface area contributed by atoms with Gasteiger partial charge >= 0.3 is 6.03 Å². The van der Waals surface area contributed by atoms with Gasteiger partial charge in [0.1, 0.15) is 16.5 Å². The van der Waals surface area contributed by atoms with Crippen molar-refractivity contribution in [1.29, 1.82) is 0 Å². The molecule has 0 aliphatic rings. The number of hydrogen-bond donors (Lipinski definition) is 3. The Morgan fingerprint density at radius 3 is 2.50 bits per heavy atom. The molecule has 10 heteroatoms. The fraction of sp³-hybridized carbons (Fsp3) is 0.0455. The van der Waals surface area contributed by atoms with Crippen molar-refractivity contribution < 1.29 is 22.4 Å². The number of fused-ring (bicyclic) bond motifs is 1. The number of thiazole rings is 1. The smallest absolute Gasteiger partial charge is 0.283 e. The fourth-order valence-electron chi connectivity index (χ4n) is 3.13. The van der Waals surface area contributed by atoms with Gasteiger partial charge in [-0.1, -0.05) is 47.7 Å². The average molecular weight is 470 g/mol. The number of hydrogen-bond acceptors (Lipinski definition) is 6. The minimum absolute atomic E-state index is 0.0750. The maximum atomic E-state index is 13.2. The molecule has 1 aromatic heterocycles. The topological polar surface area (TPSA) is 105 Å². The predicted molar refractivity (Wildman–Crippen MR) is 122 cm³/mol. The maximum Gasteiger partial charge on any atom is 0.327 e. The van der Waals surface area contributed by atoms with E-state index < -0.39 is 22.6 Å². The Hall–Kier alpha value is -3.63. The highest BCUT2D eigenvalue weighted by molar-refractivity contribution is 7.71. The normalized spacial score (nSPS) is 10.9. The SMILES string of the molecule is O=C(NC(=O)c1ccccc1-c1ccc(F)cc1)Nc1nc2ccc(C[SH](=O)=O)cc2s1. The van der Waals surface area contributed by atoms with Crippen LogP contribution >= 0.6 is 11.3 Å². The number of nitrogens with one attached hydrogen (secondary N) is 2. The summed E-state index contributed by atoms with van der Waals surface area (Å²) < 4.78 is 35.8. The Labute approximate surface area is 187 Å². The number of amides is 3. The van der Waals surface area contributed by atoms with Crippen molar-refractivity contribution in [2.24, 2.45) is 0 Å². The van der Waals surface area contributed by atoms with Gasteiger partial charge in [-0.25, -0.2) is 22.6 Å². The third kappa shape index (κ3) is 4.98. The third-order valence-electron chi connectivity index (χ3n) is 4.54. The van der Waals surface area contributed by atoms with Crippen LogP contribution < -0.4 is 10.6 Å². The van der Waals surface area contributed by atoms with Gasteiger partial charge in [0.2, 0.25) is 0 Å². The fourth-order valence-corrected chi connectivity index (χ4v) is 4.55. The van der Waals surface area contributed by atoms with E-state index in [0.717, 1.165) is 11.3 Å². The summed E-state index contributed by atoms with van der Waals surface area (Å²) in [5.74, 6) is -1.08. The van der Waals surface area contributed by atoms with Gasteiger partial charge in [0, 0.05) is 5.56 Å². The Morgan fingerprint density at radius 2 is 1.75 bits per heavy atom. The van der Waals surface area contributed by atoms with Crippen molar-refractivity contribution in [3.05, 3.63) is 83.7 Å². The number of thiol groups is 1. The molecule has 162 valence electrons. The van der Waals surface area contributed by atoms with Gasteiger partial charge < -0.3 is 0 Å². The predicted octanol–water partition coefficient (Wildman–Crippen LogP) is 4.18. The largest absolute Gasteiger partial charge is 0.327 e. The van der Waals surface area contributed by atoms with E-state index in [1.165, 1.54) is 12.1 Å². The van der Waals surface area contributed by atoms with Crippen LogP contribution in [0.3, 0.4) is 0 Å². The van der Waals surface area contributed by atoms with Gasteiger partial charge in [0.15, 0.2) is 5.13 Å². The summed E-state index contributed by atoms with van der Waals surface area (Å²) in [7, 11) is -2.54. The number of anilines is 1. The highest BCUT2D eigenvalue weighted by Gasteiger charge is 2.16. The standard InChI is InChI=1S/C22H16FN3O4S2/c23-15-8-6-14(7-9-15)16-3-1-2-4-17(16)20(27)25-21(28)26-22-24-18-10-5-13(12-32(29)30)11-19(18)31-22/h1-11,32H,12H2,(H2,24,25,26,27,28). The summed E-state index contributed by atoms with van der Waals surface area (Å²) >= 11 is 1.16. The first-order valence-corrected chi connectivity index (χ1v) is 11.6. The molecule has 2 N–H and O–H groups in total. The van der Waals surface area contributed by atoms with E-state index in [1.54, 1.807) is 54.6 Å². The first-order valence-electron chi connectivity index (χ1n) is 9.37. The molecule has 7 nitrogen and oxygen atoms in total. The molecular formula is C22H16FN3O4S2. The number of rotatable bonds is 5. The summed E-state index contributed by atoms with van der Waals surface area (Å²) in [6, 6.07) is 16.7. The number of urea groups is 1. The summed E-state index contributed by atoms with van der Waals surface area (Å²) in [6.07, 6.45) is 0. The first kappa shape index (κ1) is 21.6. The van der Waals surface area contributed by atoms with Gasteiger partial charge in [-0.05, 0) is 47.0 Å². The van der Waals surface area contributed by atoms with Crippen LogP contribution in [0.25, 0.3) is 21.3 Å². The molecule has 0 fully saturated rings. The Morgan fingerprint density at radius 1 is 1.00 bits per heavy atom. The lowest BCUT2D eigenvalue weighted by atomic mass is 9.99. The van der Waals surface area contributed by atoms with E-state index in [4.69, 9.17) is 0 Å². The van der Waals surface area contributed by atoms with Crippen molar-refractivity contribution in [2.45, 2.75) is 5.75 Å². The molecule has 0 saturated carbocycles. The van der Waals surface area contributed by atoms with E-state index in [9.17, 15) is 22.4 Å². The highest BCUT2D eigenvalue weighted by Crippen LogP contribution is 2.27. The summed E-state index contributed by atoms with van der Waals surface area (Å²) in [4.78, 5) is 29.4. The molecule has 0 aliphatic heterocycles. The third-order valence-corrected chi connectivity index (χ3v) is 6.10. The van der Waals surface area contributed by atoms with Crippen LogP contribution in [0, 0.1) is 5.82 Å². The molecule has 0 spiro atoms. The minimum atomic E-state index is -2.54. The Kier molecular flexibility index (Phi) is 6.24. The molecular weight excluding hydrogens is 453 g/mol. The average Bonchev–Trinajstić information content (AvgIpc) is 3.15. The van der Waals surface area contributed by atoms with E-state index in [2.05, 4.69) is 15.6 Å². The van der Waals surface area contributed by atoms with Crippen molar-refractivity contribution in [3.63, 3.8) is 0 Å². The second-order valence-electron chi connectivity index (χ2n) is 6.77. The number of carbonyl (C=O) groups is 2. The molecule has 0 aliphatic carbocycles. The number of imide groups is 1. The van der Waals surface area contributed by atoms with Gasteiger partial charge in [-0.15, -0.1) is 0 Å². The Balaban J connectivity index is 1.49. The molecule has 0 bridgehead atoms. The molecule has 1 heterocycles. The molecule has 3 amide bonds. The van der Waals surface area contributed by atoms with Gasteiger partial charge in [0.25, 0.3) is 5.91 Å². The van der Waals surface area contributed by atoms with Crippen LogP contribution in [0.1, 0.15) is 15.9 Å². The van der Waals surface area contributed by atoms with Gasteiger partial charge in [0.05, 0.1) is 16.0 Å². The van der Waals surface area contributed by atoms with Crippen LogP contribution in [-0.2, 0) is 16.5 Å². The summed E-state index contributed by atoms with van der Waals surface area (Å²) in [5.41, 5.74) is 2.68. The van der Waals surface area contributed by atoms with Gasteiger partial charge in [-0.3, -0.25) is 15.4 Å². The van der Waals surface area contributed by atoms with Crippen molar-refractivity contribution in [2.75, 3.05) is 5.32 Å². The van der Waals surface area contributed by atoms with Crippen LogP contribution in [0.5, 0.6) is 0 Å². The number of nitrogens with zero attached hydrogens (tertiary/aromatic N) is 1. The molecule has 32 heavy (non-hydrogen) atoms. The number of halogens is 1. The Bertz CT molecular complexity index is 1390. The molecule has 0 unspecified atom stereocenters.